The van der Waals surface area contributed by atoms with E-state index in [1.54, 1.807) is 6.07 Å². The molecule has 0 atom stereocenters. The van der Waals surface area contributed by atoms with Crippen molar-refractivity contribution in [3.8, 4) is 11.5 Å². The number of halogens is 3. The minimum atomic E-state index is -4.68. The van der Waals surface area contributed by atoms with Crippen LogP contribution in [0.5, 0.6) is 11.5 Å². The predicted molar refractivity (Wildman–Crippen MR) is 46.4 cm³/mol. The molecule has 0 aliphatic carbocycles. The first kappa shape index (κ1) is 14.5. The summed E-state index contributed by atoms with van der Waals surface area (Å²) in [6.45, 7) is 1.48. The molecule has 0 fully saturated rings. The van der Waals surface area contributed by atoms with Gasteiger partial charge in [0.05, 0.1) is 0 Å². The molecular weight excluding hydrogens is 295 g/mol. The summed E-state index contributed by atoms with van der Waals surface area (Å²) in [6.07, 6.45) is -3.32. The first-order valence-corrected chi connectivity index (χ1v) is 4.42. The Balaban J connectivity index is 0.00000128. The molecule has 0 amide bonds. The summed E-state index contributed by atoms with van der Waals surface area (Å²) in [5, 5.41) is 0. The molecule has 1 aliphatic heterocycles. The normalized spacial score (nSPS) is 14.4. The van der Waals surface area contributed by atoms with Gasteiger partial charge in [0.2, 0.25) is 0 Å². The Labute approximate surface area is 140 Å². The number of alkyl halides is 3. The van der Waals surface area contributed by atoms with E-state index in [4.69, 9.17) is 4.74 Å². The van der Waals surface area contributed by atoms with Crippen LogP contribution >= 0.6 is 0 Å². The van der Waals surface area contributed by atoms with Crippen LogP contribution in [0, 0.1) is 6.61 Å². The number of benzene rings is 1. The van der Waals surface area contributed by atoms with Crippen molar-refractivity contribution in [2.75, 3.05) is 0 Å². The van der Waals surface area contributed by atoms with Gasteiger partial charge in [-0.25, -0.2) is 0 Å². The van der Waals surface area contributed by atoms with Gasteiger partial charge in [-0.3, -0.25) is 0 Å². The van der Waals surface area contributed by atoms with E-state index in [0.717, 1.165) is 5.56 Å². The molecule has 0 aromatic heterocycles. The van der Waals surface area contributed by atoms with Crippen molar-refractivity contribution in [3.05, 3.63) is 30.4 Å². The van der Waals surface area contributed by atoms with Crippen LogP contribution in [0.2, 0.25) is 0 Å². The Morgan fingerprint density at radius 2 is 2.06 bits per heavy atom. The van der Waals surface area contributed by atoms with Gasteiger partial charge in [-0.05, 0) is 18.1 Å². The molecule has 0 N–H and O–H groups in total. The molecule has 6 heteroatoms. The zero-order valence-corrected chi connectivity index (χ0v) is 13.6. The number of fused-ring (bicyclic) bond motifs is 1. The summed E-state index contributed by atoms with van der Waals surface area (Å²) in [4.78, 5) is 0. The summed E-state index contributed by atoms with van der Waals surface area (Å²) in [5.41, 5.74) is 0.735. The fourth-order valence-corrected chi connectivity index (χ4v) is 1.45. The second kappa shape index (κ2) is 5.84. The molecule has 0 saturated heterocycles. The monoisotopic (exact) mass is 302 g/mol. The summed E-state index contributed by atoms with van der Waals surface area (Å²) >= 11 is 0. The van der Waals surface area contributed by atoms with E-state index in [2.05, 4.69) is 4.74 Å². The Hall–Kier alpha value is 0.415. The minimum absolute atomic E-state index is 0. The van der Waals surface area contributed by atoms with Gasteiger partial charge in [0.1, 0.15) is 5.75 Å². The molecule has 0 spiro atoms. The van der Waals surface area contributed by atoms with Crippen molar-refractivity contribution < 1.29 is 80.8 Å². The smallest absolute Gasteiger partial charge is 0.660 e. The third kappa shape index (κ3) is 3.72. The van der Waals surface area contributed by atoms with Gasteiger partial charge in [-0.15, -0.1) is 19.6 Å². The number of aryl methyl sites for hydroxylation is 1. The van der Waals surface area contributed by atoms with Crippen LogP contribution in [-0.4, -0.2) is 6.36 Å². The minimum Gasteiger partial charge on any atom is -0.660 e. The van der Waals surface area contributed by atoms with Crippen LogP contribution in [0.3, 0.4) is 0 Å². The molecule has 16 heavy (non-hydrogen) atoms. The third-order valence-corrected chi connectivity index (χ3v) is 2.02. The van der Waals surface area contributed by atoms with Gasteiger partial charge in [-0.1, -0.05) is 12.1 Å². The van der Waals surface area contributed by atoms with Crippen molar-refractivity contribution in [3.63, 3.8) is 0 Å². The zero-order chi connectivity index (χ0) is 10.9. The molecule has 2 nitrogen and oxygen atoms in total. The molecule has 2 rings (SSSR count). The summed E-state index contributed by atoms with van der Waals surface area (Å²) in [5.74, 6) is -0.114. The van der Waals surface area contributed by atoms with Gasteiger partial charge in [0, 0.05) is 0 Å². The van der Waals surface area contributed by atoms with Crippen molar-refractivity contribution in [1.82, 2.24) is 0 Å². The Morgan fingerprint density at radius 3 is 2.75 bits per heavy atom. The molecule has 0 radical (unpaired) electrons. The van der Waals surface area contributed by atoms with Crippen molar-refractivity contribution in [2.45, 2.75) is 19.2 Å². The summed E-state index contributed by atoms with van der Waals surface area (Å²) < 4.78 is 45.0. The second-order valence-electron chi connectivity index (χ2n) is 3.12. The van der Waals surface area contributed by atoms with Crippen LogP contribution in [0.4, 0.5) is 13.2 Å². The van der Waals surface area contributed by atoms with Gasteiger partial charge in [0.15, 0.2) is 5.75 Å². The molecule has 1 aromatic carbocycles. The number of hydrogen-bond donors (Lipinski definition) is 0. The predicted octanol–water partition coefficient (Wildman–Crippen LogP) is 0.0760. The topological polar surface area (TPSA) is 18.5 Å². The van der Waals surface area contributed by atoms with Crippen LogP contribution in [-0.2, 0) is 6.42 Å². The van der Waals surface area contributed by atoms with Gasteiger partial charge in [-0.2, -0.15) is 6.61 Å². The molecule has 82 valence electrons. The maximum absolute atomic E-state index is 12.0. The Kier molecular flexibility index (Phi) is 5.29. The van der Waals surface area contributed by atoms with E-state index in [-0.39, 0.29) is 69.7 Å². The van der Waals surface area contributed by atoms with E-state index >= 15 is 0 Å². The largest absolute Gasteiger partial charge is 1.00 e. The zero-order valence-electron chi connectivity index (χ0n) is 8.67. The molecule has 1 aliphatic rings. The molecular formula is C10H8F3O2Rb. The molecule has 0 saturated carbocycles. The second-order valence-corrected chi connectivity index (χ2v) is 3.12. The Morgan fingerprint density at radius 1 is 1.31 bits per heavy atom. The molecule has 1 heterocycles. The SMILES string of the molecule is FC(F)(F)Oc1cccc2c1O[CH-]CC2.[Rb+]. The Bertz CT molecular complexity index is 366. The average Bonchev–Trinajstić information content (AvgIpc) is 2.16. The summed E-state index contributed by atoms with van der Waals surface area (Å²) in [7, 11) is 0. The number of hydrogen-bond acceptors (Lipinski definition) is 2. The fraction of sp³-hybridized carbons (Fsp3) is 0.300. The van der Waals surface area contributed by atoms with Gasteiger partial charge >= 0.3 is 64.5 Å². The number of para-hydroxylation sites is 1. The van der Waals surface area contributed by atoms with E-state index in [1.165, 1.54) is 18.7 Å². The van der Waals surface area contributed by atoms with E-state index in [1.807, 2.05) is 0 Å². The molecule has 1 aromatic rings. The van der Waals surface area contributed by atoms with E-state index in [0.29, 0.717) is 12.8 Å². The van der Waals surface area contributed by atoms with Crippen molar-refractivity contribution >= 4 is 0 Å². The van der Waals surface area contributed by atoms with Crippen LogP contribution < -0.4 is 67.7 Å². The maximum atomic E-state index is 12.0. The van der Waals surface area contributed by atoms with E-state index in [9.17, 15) is 13.2 Å². The molecule has 0 unspecified atom stereocenters. The van der Waals surface area contributed by atoms with Crippen LogP contribution in [0.15, 0.2) is 18.2 Å². The number of ether oxygens (including phenoxy) is 2. The standard InChI is InChI=1S/C10H8F3O2.Rb/c11-10(12,13)15-8-5-1-3-7-4-2-6-14-9(7)8;/h1,3,5-6H,2,4H2;/q-1;+1. The first-order valence-electron chi connectivity index (χ1n) is 4.42. The van der Waals surface area contributed by atoms with E-state index < -0.39 is 6.36 Å². The number of rotatable bonds is 1. The third-order valence-electron chi connectivity index (χ3n) is 2.02. The van der Waals surface area contributed by atoms with Crippen LogP contribution in [0.25, 0.3) is 0 Å². The van der Waals surface area contributed by atoms with Gasteiger partial charge in [0.25, 0.3) is 0 Å². The average molecular weight is 303 g/mol. The van der Waals surface area contributed by atoms with Crippen LogP contribution in [0.1, 0.15) is 12.0 Å². The maximum Gasteiger partial charge on any atom is 1.00 e. The first-order chi connectivity index (χ1) is 7.06. The van der Waals surface area contributed by atoms with Crippen molar-refractivity contribution in [2.24, 2.45) is 0 Å². The quantitative estimate of drug-likeness (QED) is 0.684. The fourth-order valence-electron chi connectivity index (χ4n) is 1.45. The summed E-state index contributed by atoms with van der Waals surface area (Å²) in [6, 6.07) is 4.49. The van der Waals surface area contributed by atoms with Crippen molar-refractivity contribution in [1.29, 1.82) is 0 Å². The van der Waals surface area contributed by atoms with Gasteiger partial charge < -0.3 is 9.47 Å². The molecule has 0 bridgehead atoms.